The third-order valence-electron chi connectivity index (χ3n) is 4.79. The van der Waals surface area contributed by atoms with E-state index in [4.69, 9.17) is 0 Å². The molecule has 4 aromatic rings. The zero-order valence-corrected chi connectivity index (χ0v) is 17.8. The maximum atomic E-state index is 12.3. The van der Waals surface area contributed by atoms with Crippen molar-refractivity contribution in [2.45, 2.75) is 19.9 Å². The van der Waals surface area contributed by atoms with Crippen LogP contribution >= 0.6 is 11.3 Å². The Bertz CT molecular complexity index is 1140. The fourth-order valence-corrected chi connectivity index (χ4v) is 4.29. The van der Waals surface area contributed by atoms with Crippen LogP contribution in [0.1, 0.15) is 17.8 Å². The van der Waals surface area contributed by atoms with E-state index in [0.717, 1.165) is 32.3 Å². The van der Waals surface area contributed by atoms with Gasteiger partial charge in [0.05, 0.1) is 5.39 Å². The second-order valence-electron chi connectivity index (χ2n) is 7.10. The van der Waals surface area contributed by atoms with Crippen LogP contribution in [0, 0.1) is 6.92 Å². The molecular weight excluding hydrogens is 394 g/mol. The molecule has 6 nitrogen and oxygen atoms in total. The summed E-state index contributed by atoms with van der Waals surface area (Å²) in [6.07, 6.45) is 3.86. The van der Waals surface area contributed by atoms with Crippen LogP contribution in [0.25, 0.3) is 20.7 Å². The van der Waals surface area contributed by atoms with Gasteiger partial charge < -0.3 is 10.2 Å². The molecule has 0 fully saturated rings. The fourth-order valence-electron chi connectivity index (χ4n) is 3.21. The fraction of sp³-hybridized carbons (Fsp3) is 0.217. The van der Waals surface area contributed by atoms with Crippen LogP contribution in [0.5, 0.6) is 0 Å². The van der Waals surface area contributed by atoms with Gasteiger partial charge in [-0.2, -0.15) is 0 Å². The molecule has 3 heterocycles. The molecule has 1 aromatic carbocycles. The van der Waals surface area contributed by atoms with Gasteiger partial charge in [-0.3, -0.25) is 9.78 Å². The maximum Gasteiger partial charge on any atom is 0.222 e. The van der Waals surface area contributed by atoms with E-state index in [1.165, 1.54) is 5.56 Å². The molecule has 0 saturated heterocycles. The van der Waals surface area contributed by atoms with E-state index in [9.17, 15) is 4.79 Å². The van der Waals surface area contributed by atoms with E-state index in [1.54, 1.807) is 23.7 Å². The normalized spacial score (nSPS) is 10.9. The molecule has 3 aromatic heterocycles. The van der Waals surface area contributed by atoms with Crippen molar-refractivity contribution in [1.29, 1.82) is 0 Å². The highest BCUT2D eigenvalue weighted by Gasteiger charge is 2.15. The summed E-state index contributed by atoms with van der Waals surface area (Å²) in [5.41, 5.74) is 2.15. The van der Waals surface area contributed by atoms with Gasteiger partial charge >= 0.3 is 0 Å². The van der Waals surface area contributed by atoms with Crippen molar-refractivity contribution in [3.05, 3.63) is 72.3 Å². The summed E-state index contributed by atoms with van der Waals surface area (Å²) >= 11 is 1.66. The molecule has 0 saturated carbocycles. The van der Waals surface area contributed by atoms with Gasteiger partial charge in [-0.05, 0) is 30.2 Å². The molecule has 152 valence electrons. The van der Waals surface area contributed by atoms with Gasteiger partial charge in [-0.15, -0.1) is 11.3 Å². The van der Waals surface area contributed by atoms with Crippen molar-refractivity contribution in [3.8, 4) is 10.4 Å². The van der Waals surface area contributed by atoms with Crippen LogP contribution in [0.2, 0.25) is 0 Å². The predicted molar refractivity (Wildman–Crippen MR) is 122 cm³/mol. The molecule has 0 atom stereocenters. The minimum atomic E-state index is 0.00279. The van der Waals surface area contributed by atoms with E-state index in [-0.39, 0.29) is 5.91 Å². The molecule has 7 heteroatoms. The topological polar surface area (TPSA) is 71.0 Å². The summed E-state index contributed by atoms with van der Waals surface area (Å²) in [5, 5.41) is 3.96. The predicted octanol–water partition coefficient (Wildman–Crippen LogP) is 4.20. The summed E-state index contributed by atoms with van der Waals surface area (Å²) in [6.45, 7) is 2.96. The Morgan fingerprint density at radius 3 is 2.73 bits per heavy atom. The molecular formula is C23H23N5OS. The van der Waals surface area contributed by atoms with E-state index in [2.05, 4.69) is 38.5 Å². The number of thiophene rings is 1. The van der Waals surface area contributed by atoms with E-state index < -0.39 is 0 Å². The van der Waals surface area contributed by atoms with Crippen LogP contribution in [0.15, 0.2) is 60.9 Å². The molecule has 0 radical (unpaired) electrons. The van der Waals surface area contributed by atoms with Crippen LogP contribution in [0.3, 0.4) is 0 Å². The lowest BCUT2D eigenvalue weighted by Crippen LogP contribution is -2.29. The Balaban J connectivity index is 1.46. The molecule has 30 heavy (non-hydrogen) atoms. The first-order chi connectivity index (χ1) is 14.6. The number of aromatic nitrogens is 3. The standard InChI is InChI=1S/C23H23N5OS/c1-16-26-22(19-13-20(30-23(19)27-16)18-8-4-3-5-9-18)28(2)12-10-21(29)25-15-17-7-6-11-24-14-17/h3-9,11,13-14H,10,12,15H2,1-2H3,(H,25,29). The molecule has 0 bridgehead atoms. The summed E-state index contributed by atoms with van der Waals surface area (Å²) in [5.74, 6) is 1.59. The highest BCUT2D eigenvalue weighted by atomic mass is 32.1. The Hall–Kier alpha value is -3.32. The van der Waals surface area contributed by atoms with Crippen molar-refractivity contribution < 1.29 is 4.79 Å². The average Bonchev–Trinajstić information content (AvgIpc) is 3.20. The quantitative estimate of drug-likeness (QED) is 0.488. The monoisotopic (exact) mass is 417 g/mol. The van der Waals surface area contributed by atoms with Crippen molar-refractivity contribution in [2.24, 2.45) is 0 Å². The maximum absolute atomic E-state index is 12.3. The first kappa shape index (κ1) is 20.0. The number of hydrogen-bond donors (Lipinski definition) is 1. The van der Waals surface area contributed by atoms with Crippen molar-refractivity contribution in [3.63, 3.8) is 0 Å². The van der Waals surface area contributed by atoms with Gasteiger partial charge in [0.15, 0.2) is 0 Å². The second-order valence-corrected chi connectivity index (χ2v) is 8.13. The number of amides is 1. The second kappa shape index (κ2) is 9.00. The number of carbonyl (C=O) groups is 1. The number of fused-ring (bicyclic) bond motifs is 1. The van der Waals surface area contributed by atoms with Crippen LogP contribution in [-0.4, -0.2) is 34.5 Å². The number of benzene rings is 1. The van der Waals surface area contributed by atoms with Crippen molar-refractivity contribution in [1.82, 2.24) is 20.3 Å². The Kier molecular flexibility index (Phi) is 5.99. The third kappa shape index (κ3) is 4.63. The molecule has 0 unspecified atom stereocenters. The van der Waals surface area contributed by atoms with Gasteiger partial charge in [0.2, 0.25) is 5.91 Å². The number of pyridine rings is 1. The van der Waals surface area contributed by atoms with E-state index in [1.807, 2.05) is 49.2 Å². The zero-order valence-electron chi connectivity index (χ0n) is 17.0. The number of rotatable bonds is 7. The van der Waals surface area contributed by atoms with Crippen molar-refractivity contribution >= 4 is 33.3 Å². The molecule has 0 spiro atoms. The lowest BCUT2D eigenvalue weighted by molar-refractivity contribution is -0.121. The smallest absolute Gasteiger partial charge is 0.222 e. The van der Waals surface area contributed by atoms with Gasteiger partial charge in [0.25, 0.3) is 0 Å². The Morgan fingerprint density at radius 2 is 1.97 bits per heavy atom. The summed E-state index contributed by atoms with van der Waals surface area (Å²) < 4.78 is 0. The summed E-state index contributed by atoms with van der Waals surface area (Å²) in [6, 6.07) is 16.2. The van der Waals surface area contributed by atoms with Crippen LogP contribution < -0.4 is 10.2 Å². The highest BCUT2D eigenvalue weighted by molar-refractivity contribution is 7.21. The summed E-state index contributed by atoms with van der Waals surface area (Å²) in [4.78, 5) is 29.8. The Labute approximate surface area is 179 Å². The average molecular weight is 418 g/mol. The van der Waals surface area contributed by atoms with Gasteiger partial charge in [0, 0.05) is 43.8 Å². The number of nitrogens with one attached hydrogen (secondary N) is 1. The molecule has 0 aliphatic carbocycles. The summed E-state index contributed by atoms with van der Waals surface area (Å²) in [7, 11) is 1.97. The molecule has 0 aliphatic rings. The van der Waals surface area contributed by atoms with E-state index >= 15 is 0 Å². The zero-order chi connectivity index (χ0) is 20.9. The molecule has 1 N–H and O–H groups in total. The Morgan fingerprint density at radius 1 is 1.13 bits per heavy atom. The number of aryl methyl sites for hydroxylation is 1. The van der Waals surface area contributed by atoms with Crippen LogP contribution in [0.4, 0.5) is 5.82 Å². The van der Waals surface area contributed by atoms with Gasteiger partial charge in [0.1, 0.15) is 16.5 Å². The van der Waals surface area contributed by atoms with Crippen molar-refractivity contribution in [2.75, 3.05) is 18.5 Å². The minimum absolute atomic E-state index is 0.00279. The first-order valence-electron chi connectivity index (χ1n) is 9.80. The largest absolute Gasteiger partial charge is 0.359 e. The number of hydrogen-bond acceptors (Lipinski definition) is 6. The molecule has 0 aliphatic heterocycles. The third-order valence-corrected chi connectivity index (χ3v) is 5.87. The van der Waals surface area contributed by atoms with E-state index in [0.29, 0.717) is 19.5 Å². The minimum Gasteiger partial charge on any atom is -0.359 e. The van der Waals surface area contributed by atoms with Crippen LogP contribution in [-0.2, 0) is 11.3 Å². The SMILES string of the molecule is Cc1nc(N(C)CCC(=O)NCc2cccnc2)c2cc(-c3ccccc3)sc2n1. The first-order valence-corrected chi connectivity index (χ1v) is 10.6. The van der Waals surface area contributed by atoms with Gasteiger partial charge in [-0.1, -0.05) is 36.4 Å². The highest BCUT2D eigenvalue weighted by Crippen LogP contribution is 2.36. The number of carbonyl (C=O) groups excluding carboxylic acids is 1. The van der Waals surface area contributed by atoms with Gasteiger partial charge in [-0.25, -0.2) is 9.97 Å². The lowest BCUT2D eigenvalue weighted by Gasteiger charge is -2.19. The number of anilines is 1. The molecule has 1 amide bonds. The number of nitrogens with zero attached hydrogens (tertiary/aromatic N) is 4. The molecule has 4 rings (SSSR count). The lowest BCUT2D eigenvalue weighted by atomic mass is 10.2.